The summed E-state index contributed by atoms with van der Waals surface area (Å²) in [5, 5.41) is 7.52. The van der Waals surface area contributed by atoms with Crippen molar-refractivity contribution < 1.29 is 0 Å². The van der Waals surface area contributed by atoms with E-state index in [4.69, 9.17) is 9.97 Å². The highest BCUT2D eigenvalue weighted by Gasteiger charge is 2.14. The van der Waals surface area contributed by atoms with E-state index in [0.29, 0.717) is 0 Å². The Kier molecular flexibility index (Phi) is 5.99. The van der Waals surface area contributed by atoms with Gasteiger partial charge in [0.05, 0.1) is 32.2 Å². The summed E-state index contributed by atoms with van der Waals surface area (Å²) in [6, 6.07) is 48.2. The maximum absolute atomic E-state index is 4.92. The van der Waals surface area contributed by atoms with Crippen molar-refractivity contribution in [1.29, 1.82) is 0 Å². The third kappa shape index (κ3) is 4.49. The molecule has 6 heteroatoms. The van der Waals surface area contributed by atoms with Gasteiger partial charge in [0.15, 0.2) is 0 Å². The predicted molar refractivity (Wildman–Crippen MR) is 203 cm³/mol. The summed E-state index contributed by atoms with van der Waals surface area (Å²) in [6.07, 6.45) is 0. The van der Waals surface area contributed by atoms with Gasteiger partial charge < -0.3 is 0 Å². The van der Waals surface area contributed by atoms with Crippen molar-refractivity contribution in [3.63, 3.8) is 0 Å². The minimum absolute atomic E-state index is 1.03. The number of rotatable bonds is 4. The molecule has 0 aliphatic heterocycles. The standard InChI is InChI=1S/C40H22N2S4/c1-3-7-29-23(5-1)9-11-31(41-29)33-13-15-35(43-33)39-21-27-17-25-20-38-28(18-26(25)19-37(27)45-39)22-40(46-38)36-16-14-34(44-36)32-12-10-24-6-2-4-8-30(24)42-32/h1-22H. The van der Waals surface area contributed by atoms with Crippen molar-refractivity contribution in [2.75, 3.05) is 0 Å². The lowest BCUT2D eigenvalue weighted by atomic mass is 10.1. The number of para-hydroxylation sites is 2. The Bertz CT molecular complexity index is 2520. The van der Waals surface area contributed by atoms with Crippen molar-refractivity contribution in [3.05, 3.63) is 133 Å². The van der Waals surface area contributed by atoms with Crippen LogP contribution in [0.4, 0.5) is 0 Å². The van der Waals surface area contributed by atoms with E-state index in [9.17, 15) is 0 Å². The molecule has 0 unspecified atom stereocenters. The first-order valence-electron chi connectivity index (χ1n) is 15.0. The number of pyridine rings is 2. The fourth-order valence-corrected chi connectivity index (χ4v) is 10.5. The molecule has 0 amide bonds. The molecule has 216 valence electrons. The van der Waals surface area contributed by atoms with Crippen LogP contribution in [0.2, 0.25) is 0 Å². The van der Waals surface area contributed by atoms with Gasteiger partial charge >= 0.3 is 0 Å². The van der Waals surface area contributed by atoms with E-state index in [1.165, 1.54) is 71.0 Å². The van der Waals surface area contributed by atoms with Crippen LogP contribution in [0.1, 0.15) is 0 Å². The largest absolute Gasteiger partial charge is 0.247 e. The van der Waals surface area contributed by atoms with Gasteiger partial charge in [-0.2, -0.15) is 0 Å². The molecular formula is C40H22N2S4. The van der Waals surface area contributed by atoms with Crippen LogP contribution >= 0.6 is 45.3 Å². The molecular weight excluding hydrogens is 637 g/mol. The molecule has 2 nitrogen and oxygen atoms in total. The van der Waals surface area contributed by atoms with Crippen LogP contribution in [0.25, 0.3) is 93.4 Å². The van der Waals surface area contributed by atoms with Crippen LogP contribution in [0, 0.1) is 0 Å². The summed E-state index contributed by atoms with van der Waals surface area (Å²) in [6.45, 7) is 0. The lowest BCUT2D eigenvalue weighted by molar-refractivity contribution is 1.42. The Morgan fingerprint density at radius 3 is 1.26 bits per heavy atom. The number of thiophene rings is 4. The number of aromatic nitrogens is 2. The Morgan fingerprint density at radius 1 is 0.304 bits per heavy atom. The molecule has 0 saturated carbocycles. The van der Waals surface area contributed by atoms with Gasteiger partial charge in [-0.3, -0.25) is 0 Å². The third-order valence-electron chi connectivity index (χ3n) is 8.51. The molecule has 0 saturated heterocycles. The molecule has 0 N–H and O–H groups in total. The SMILES string of the molecule is c1ccc2nc(-c3ccc(-c4cc5cc6cc7sc(-c8ccc(-c9ccc%10ccccc%10n9)s8)cc7cc6cc5s4)s3)ccc2c1. The normalized spacial score (nSPS) is 11.9. The molecule has 0 atom stereocenters. The second-order valence-electron chi connectivity index (χ2n) is 11.5. The molecule has 10 rings (SSSR count). The highest BCUT2D eigenvalue weighted by atomic mass is 32.1. The minimum Gasteiger partial charge on any atom is -0.247 e. The predicted octanol–water partition coefficient (Wildman–Crippen LogP) is 13.2. The van der Waals surface area contributed by atoms with Crippen LogP contribution in [0.3, 0.4) is 0 Å². The zero-order chi connectivity index (χ0) is 30.2. The lowest BCUT2D eigenvalue weighted by Gasteiger charge is -2.00. The van der Waals surface area contributed by atoms with Crippen molar-refractivity contribution in [3.8, 4) is 40.7 Å². The molecule has 0 spiro atoms. The van der Waals surface area contributed by atoms with Gasteiger partial charge in [0.2, 0.25) is 0 Å². The smallest absolute Gasteiger partial charge is 0.0809 e. The molecule has 0 aliphatic carbocycles. The molecule has 0 radical (unpaired) electrons. The number of fused-ring (bicyclic) bond motifs is 5. The first-order valence-corrected chi connectivity index (χ1v) is 18.3. The molecule has 4 aromatic carbocycles. The Morgan fingerprint density at radius 2 is 0.761 bits per heavy atom. The molecule has 0 fully saturated rings. The fraction of sp³-hybridized carbons (Fsp3) is 0. The fourth-order valence-electron chi connectivity index (χ4n) is 6.19. The second kappa shape index (κ2) is 10.4. The van der Waals surface area contributed by atoms with Crippen LogP contribution < -0.4 is 0 Å². The highest BCUT2D eigenvalue weighted by molar-refractivity contribution is 7.27. The van der Waals surface area contributed by atoms with Crippen molar-refractivity contribution in [1.82, 2.24) is 9.97 Å². The molecule has 0 aliphatic rings. The molecule has 46 heavy (non-hydrogen) atoms. The Hall–Kier alpha value is -4.72. The monoisotopic (exact) mass is 658 g/mol. The van der Waals surface area contributed by atoms with E-state index in [-0.39, 0.29) is 0 Å². The van der Waals surface area contributed by atoms with Gasteiger partial charge in [-0.15, -0.1) is 45.3 Å². The number of nitrogens with zero attached hydrogens (tertiary/aromatic N) is 2. The Balaban J connectivity index is 0.968. The average molecular weight is 659 g/mol. The van der Waals surface area contributed by atoms with Crippen LogP contribution in [-0.2, 0) is 0 Å². The topological polar surface area (TPSA) is 25.8 Å². The number of hydrogen-bond donors (Lipinski definition) is 0. The van der Waals surface area contributed by atoms with E-state index >= 15 is 0 Å². The van der Waals surface area contributed by atoms with Gasteiger partial charge in [-0.1, -0.05) is 48.5 Å². The van der Waals surface area contributed by atoms with E-state index < -0.39 is 0 Å². The molecule has 10 aromatic rings. The van der Waals surface area contributed by atoms with Gasteiger partial charge in [0.1, 0.15) is 0 Å². The summed E-state index contributed by atoms with van der Waals surface area (Å²) >= 11 is 7.38. The summed E-state index contributed by atoms with van der Waals surface area (Å²) in [5.74, 6) is 0. The summed E-state index contributed by atoms with van der Waals surface area (Å²) < 4.78 is 2.64. The van der Waals surface area contributed by atoms with Gasteiger partial charge in [0, 0.05) is 39.7 Å². The average Bonchev–Trinajstić information content (AvgIpc) is 3.91. The van der Waals surface area contributed by atoms with E-state index in [1.54, 1.807) is 0 Å². The van der Waals surface area contributed by atoms with Crippen LogP contribution in [0.15, 0.2) is 133 Å². The van der Waals surface area contributed by atoms with E-state index in [1.807, 2.05) is 57.5 Å². The quantitative estimate of drug-likeness (QED) is 0.188. The molecule has 6 aromatic heterocycles. The number of benzene rings is 4. The summed E-state index contributed by atoms with van der Waals surface area (Å²) in [5.41, 5.74) is 4.14. The van der Waals surface area contributed by atoms with E-state index in [0.717, 1.165) is 22.4 Å². The Labute approximate surface area is 280 Å². The molecule has 6 heterocycles. The van der Waals surface area contributed by atoms with E-state index in [2.05, 4.69) is 121 Å². The van der Waals surface area contributed by atoms with Gasteiger partial charge in [-0.05, 0) is 106 Å². The third-order valence-corrected chi connectivity index (χ3v) is 13.3. The maximum Gasteiger partial charge on any atom is 0.0809 e. The van der Waals surface area contributed by atoms with Crippen molar-refractivity contribution >= 4 is 98.1 Å². The zero-order valence-electron chi connectivity index (χ0n) is 24.2. The van der Waals surface area contributed by atoms with Crippen molar-refractivity contribution in [2.24, 2.45) is 0 Å². The summed E-state index contributed by atoms with van der Waals surface area (Å²) in [7, 11) is 0. The first-order chi connectivity index (χ1) is 22.7. The van der Waals surface area contributed by atoms with Crippen LogP contribution in [-0.4, -0.2) is 9.97 Å². The zero-order valence-corrected chi connectivity index (χ0v) is 27.5. The summed E-state index contributed by atoms with van der Waals surface area (Å²) in [4.78, 5) is 17.4. The van der Waals surface area contributed by atoms with Crippen LogP contribution in [0.5, 0.6) is 0 Å². The van der Waals surface area contributed by atoms with Gasteiger partial charge in [-0.25, -0.2) is 9.97 Å². The maximum atomic E-state index is 4.92. The minimum atomic E-state index is 1.03. The molecule has 0 bridgehead atoms. The van der Waals surface area contributed by atoms with Gasteiger partial charge in [0.25, 0.3) is 0 Å². The second-order valence-corrected chi connectivity index (χ2v) is 15.8. The van der Waals surface area contributed by atoms with Crippen molar-refractivity contribution in [2.45, 2.75) is 0 Å². The lowest BCUT2D eigenvalue weighted by Crippen LogP contribution is -1.81. The first kappa shape index (κ1) is 26.5. The highest BCUT2D eigenvalue weighted by Crippen LogP contribution is 2.44. The number of hydrogen-bond acceptors (Lipinski definition) is 6.